The molecule has 6 nitrogen and oxygen atoms in total. The lowest BCUT2D eigenvalue weighted by Crippen LogP contribution is -2.39. The number of hydrogen-bond acceptors (Lipinski definition) is 4. The number of rotatable bonds is 2. The van der Waals surface area contributed by atoms with Crippen LogP contribution in [0.4, 0.5) is 0 Å². The number of benzene rings is 1. The first-order chi connectivity index (χ1) is 12.6. The molecule has 0 radical (unpaired) electrons. The zero-order valence-corrected chi connectivity index (χ0v) is 14.7. The van der Waals surface area contributed by atoms with Gasteiger partial charge in [0.2, 0.25) is 11.8 Å². The molecular weight excluding hydrogens is 330 g/mol. The van der Waals surface area contributed by atoms with Crippen LogP contribution in [0.15, 0.2) is 22.9 Å². The van der Waals surface area contributed by atoms with Crippen LogP contribution < -0.4 is 5.32 Å². The highest BCUT2D eigenvalue weighted by Gasteiger charge is 2.33. The van der Waals surface area contributed by atoms with Gasteiger partial charge in [-0.25, -0.2) is 0 Å². The molecule has 1 saturated carbocycles. The Labute approximate surface area is 150 Å². The first kappa shape index (κ1) is 15.6. The van der Waals surface area contributed by atoms with E-state index in [9.17, 15) is 9.59 Å². The lowest BCUT2D eigenvalue weighted by molar-refractivity contribution is -0.134. The third kappa shape index (κ3) is 2.28. The van der Waals surface area contributed by atoms with E-state index in [4.69, 9.17) is 4.52 Å². The molecule has 2 fully saturated rings. The van der Waals surface area contributed by atoms with Crippen LogP contribution in [-0.2, 0) is 9.59 Å². The highest BCUT2D eigenvalue weighted by Crippen LogP contribution is 2.43. The van der Waals surface area contributed by atoms with Crippen LogP contribution in [0.25, 0.3) is 21.9 Å². The number of aromatic amines is 1. The second kappa shape index (κ2) is 5.69. The number of piperidine rings is 1. The molecule has 1 saturated heterocycles. The van der Waals surface area contributed by atoms with E-state index >= 15 is 0 Å². The molecule has 3 heterocycles. The van der Waals surface area contributed by atoms with Crippen LogP contribution in [0.1, 0.15) is 62.1 Å². The summed E-state index contributed by atoms with van der Waals surface area (Å²) in [6, 6.07) is 4.13. The summed E-state index contributed by atoms with van der Waals surface area (Å²) in [7, 11) is 0. The van der Waals surface area contributed by atoms with Crippen molar-refractivity contribution in [3.8, 4) is 0 Å². The van der Waals surface area contributed by atoms with Gasteiger partial charge in [-0.1, -0.05) is 18.5 Å². The van der Waals surface area contributed by atoms with Crippen molar-refractivity contribution in [1.29, 1.82) is 0 Å². The molecule has 2 aromatic heterocycles. The first-order valence-electron chi connectivity index (χ1n) is 9.34. The van der Waals surface area contributed by atoms with Crippen molar-refractivity contribution in [3.63, 3.8) is 0 Å². The Kier molecular flexibility index (Phi) is 3.42. The second-order valence-corrected chi connectivity index (χ2v) is 7.79. The average molecular weight is 351 g/mol. The molecule has 6 heteroatoms. The minimum atomic E-state index is -0.440. The van der Waals surface area contributed by atoms with Crippen molar-refractivity contribution < 1.29 is 14.1 Å². The average Bonchev–Trinajstić information content (AvgIpc) is 3.32. The highest BCUT2D eigenvalue weighted by molar-refractivity contribution is 6.10. The summed E-state index contributed by atoms with van der Waals surface area (Å²) in [5.41, 5.74) is 3.77. The van der Waals surface area contributed by atoms with Crippen molar-refractivity contribution in [2.45, 2.75) is 50.9 Å². The predicted octanol–water partition coefficient (Wildman–Crippen LogP) is 3.73. The summed E-state index contributed by atoms with van der Waals surface area (Å²) in [6.45, 7) is 2.31. The molecule has 3 aromatic rings. The normalized spacial score (nSPS) is 26.7. The zero-order chi connectivity index (χ0) is 17.8. The largest absolute Gasteiger partial charge is 0.361 e. The van der Waals surface area contributed by atoms with Gasteiger partial charge < -0.3 is 9.51 Å². The van der Waals surface area contributed by atoms with Gasteiger partial charge in [0.05, 0.1) is 11.3 Å². The minimum Gasteiger partial charge on any atom is -0.361 e. The van der Waals surface area contributed by atoms with Gasteiger partial charge in [0.1, 0.15) is 5.69 Å². The summed E-state index contributed by atoms with van der Waals surface area (Å²) < 4.78 is 5.65. The first-order valence-corrected chi connectivity index (χ1v) is 9.34. The maximum absolute atomic E-state index is 12.3. The van der Waals surface area contributed by atoms with E-state index in [-0.39, 0.29) is 11.8 Å². The number of H-pyrrole nitrogens is 1. The van der Waals surface area contributed by atoms with E-state index in [1.54, 1.807) is 0 Å². The molecule has 1 aliphatic heterocycles. The summed E-state index contributed by atoms with van der Waals surface area (Å²) >= 11 is 0. The monoisotopic (exact) mass is 351 g/mol. The standard InChI is InChI=1S/C20H21N3O3/c1-10-2-3-11(8-10)14-9-15-17(12-6-7-21-18(12)14)19(23-26-15)13-4-5-16(24)22-20(13)25/h6-7,9-11,13,21H,2-5,8H2,1H3,(H,22,24,25)/t10-,11?,13?/m1/s1. The quantitative estimate of drug-likeness (QED) is 0.689. The molecule has 3 atom stereocenters. The van der Waals surface area contributed by atoms with E-state index in [2.05, 4.69) is 28.4 Å². The Bertz CT molecular complexity index is 1030. The van der Waals surface area contributed by atoms with Crippen LogP contribution in [0, 0.1) is 5.92 Å². The zero-order valence-electron chi connectivity index (χ0n) is 14.7. The summed E-state index contributed by atoms with van der Waals surface area (Å²) in [4.78, 5) is 27.2. The lowest BCUT2D eigenvalue weighted by Gasteiger charge is -2.19. The fourth-order valence-corrected chi connectivity index (χ4v) is 4.72. The van der Waals surface area contributed by atoms with Crippen LogP contribution >= 0.6 is 0 Å². The van der Waals surface area contributed by atoms with E-state index < -0.39 is 5.92 Å². The van der Waals surface area contributed by atoms with Gasteiger partial charge >= 0.3 is 0 Å². The van der Waals surface area contributed by atoms with Crippen molar-refractivity contribution >= 4 is 33.7 Å². The minimum absolute atomic E-state index is 0.219. The SMILES string of the molecule is C[C@@H]1CCC(c2cc3onc(C4CCC(=O)NC4=O)c3c3cc[nH]c23)C1. The lowest BCUT2D eigenvalue weighted by atomic mass is 9.89. The molecule has 2 unspecified atom stereocenters. The van der Waals surface area contributed by atoms with Crippen LogP contribution in [0.5, 0.6) is 0 Å². The molecular formula is C20H21N3O3. The van der Waals surface area contributed by atoms with Crippen molar-refractivity contribution in [2.24, 2.45) is 5.92 Å². The van der Waals surface area contributed by atoms with Crippen LogP contribution in [0.2, 0.25) is 0 Å². The van der Waals surface area contributed by atoms with E-state index in [1.165, 1.54) is 24.8 Å². The molecule has 2 N–H and O–H groups in total. The van der Waals surface area contributed by atoms with Gasteiger partial charge in [0.25, 0.3) is 0 Å². The van der Waals surface area contributed by atoms with Crippen molar-refractivity contribution in [1.82, 2.24) is 15.5 Å². The Hall–Kier alpha value is -2.63. The fourth-order valence-electron chi connectivity index (χ4n) is 4.72. The van der Waals surface area contributed by atoms with Gasteiger partial charge in [0.15, 0.2) is 5.58 Å². The summed E-state index contributed by atoms with van der Waals surface area (Å²) in [5.74, 6) is 0.330. The number of imide groups is 1. The number of aromatic nitrogens is 2. The smallest absolute Gasteiger partial charge is 0.235 e. The summed E-state index contributed by atoms with van der Waals surface area (Å²) in [5, 5.41) is 8.61. The van der Waals surface area contributed by atoms with Gasteiger partial charge in [-0.05, 0) is 48.8 Å². The number of fused-ring (bicyclic) bond motifs is 3. The predicted molar refractivity (Wildman–Crippen MR) is 96.7 cm³/mol. The molecule has 26 heavy (non-hydrogen) atoms. The molecule has 2 aliphatic rings. The maximum atomic E-state index is 12.3. The number of hydrogen-bond donors (Lipinski definition) is 2. The second-order valence-electron chi connectivity index (χ2n) is 7.79. The Balaban J connectivity index is 1.66. The van der Waals surface area contributed by atoms with Gasteiger partial charge in [-0.15, -0.1) is 0 Å². The van der Waals surface area contributed by atoms with Crippen molar-refractivity contribution in [3.05, 3.63) is 29.6 Å². The van der Waals surface area contributed by atoms with E-state index in [1.807, 2.05) is 12.3 Å². The topological polar surface area (TPSA) is 88.0 Å². The molecule has 1 aliphatic carbocycles. The number of carbonyl (C=O) groups excluding carboxylic acids is 2. The molecule has 134 valence electrons. The molecule has 5 rings (SSSR count). The van der Waals surface area contributed by atoms with Gasteiger partial charge in [-0.3, -0.25) is 14.9 Å². The molecule has 2 amide bonds. The number of nitrogens with zero attached hydrogens (tertiary/aromatic N) is 1. The van der Waals surface area contributed by atoms with Gasteiger partial charge in [0, 0.05) is 23.5 Å². The molecule has 1 aromatic carbocycles. The van der Waals surface area contributed by atoms with Gasteiger partial charge in [-0.2, -0.15) is 0 Å². The molecule has 0 spiro atoms. The van der Waals surface area contributed by atoms with Crippen LogP contribution in [0.3, 0.4) is 0 Å². The summed E-state index contributed by atoms with van der Waals surface area (Å²) in [6.07, 6.45) is 6.37. The maximum Gasteiger partial charge on any atom is 0.235 e. The van der Waals surface area contributed by atoms with Crippen LogP contribution in [-0.4, -0.2) is 22.0 Å². The molecule has 0 bridgehead atoms. The number of amides is 2. The Morgan fingerprint density at radius 3 is 2.88 bits per heavy atom. The highest BCUT2D eigenvalue weighted by atomic mass is 16.5. The third-order valence-electron chi connectivity index (χ3n) is 6.04. The third-order valence-corrected chi connectivity index (χ3v) is 6.04. The number of nitrogens with one attached hydrogen (secondary N) is 2. The Morgan fingerprint density at radius 2 is 2.12 bits per heavy atom. The fraction of sp³-hybridized carbons (Fsp3) is 0.450. The number of carbonyl (C=O) groups is 2. The van der Waals surface area contributed by atoms with Crippen molar-refractivity contribution in [2.75, 3.05) is 0 Å². The Morgan fingerprint density at radius 1 is 1.23 bits per heavy atom. The van der Waals surface area contributed by atoms with E-state index in [0.29, 0.717) is 24.5 Å². The van der Waals surface area contributed by atoms with E-state index in [0.717, 1.165) is 27.8 Å².